The monoisotopic (exact) mass is 280 g/mol. The van der Waals surface area contributed by atoms with Crippen LogP contribution in [-0.2, 0) is 14.4 Å². The van der Waals surface area contributed by atoms with Crippen molar-refractivity contribution in [1.29, 1.82) is 0 Å². The highest BCUT2D eigenvalue weighted by atomic mass is 16.4. The number of nitrogens with one attached hydrogen (secondary N) is 1. The molecule has 0 bridgehead atoms. The van der Waals surface area contributed by atoms with Crippen LogP contribution in [0.5, 0.6) is 0 Å². The summed E-state index contributed by atoms with van der Waals surface area (Å²) in [6.07, 6.45) is 3.15. The van der Waals surface area contributed by atoms with Gasteiger partial charge in [0.1, 0.15) is 5.54 Å². The summed E-state index contributed by atoms with van der Waals surface area (Å²) in [5, 5.41) is 12.8. The summed E-state index contributed by atoms with van der Waals surface area (Å²) in [4.78, 5) is 37.1. The number of imide groups is 1. The summed E-state index contributed by atoms with van der Waals surface area (Å²) in [5.74, 6) is -1.62. The lowest BCUT2D eigenvalue weighted by atomic mass is 9.92. The first-order valence-corrected chi connectivity index (χ1v) is 7.35. The quantitative estimate of drug-likeness (QED) is 0.652. The molecule has 2 aliphatic carbocycles. The van der Waals surface area contributed by atoms with Crippen molar-refractivity contribution in [3.8, 4) is 0 Å². The number of likely N-dealkylation sites (tertiary alicyclic amines) is 1. The Morgan fingerprint density at radius 3 is 2.40 bits per heavy atom. The Bertz CT molecular complexity index is 454. The Morgan fingerprint density at radius 2 is 1.95 bits per heavy atom. The van der Waals surface area contributed by atoms with E-state index in [9.17, 15) is 19.5 Å². The van der Waals surface area contributed by atoms with Crippen LogP contribution in [0.2, 0.25) is 0 Å². The first kappa shape index (κ1) is 13.5. The fraction of sp³-hybridized carbons (Fsp3) is 0.786. The van der Waals surface area contributed by atoms with E-state index in [1.54, 1.807) is 0 Å². The van der Waals surface area contributed by atoms with Crippen molar-refractivity contribution in [3.63, 3.8) is 0 Å². The van der Waals surface area contributed by atoms with Gasteiger partial charge in [-0.25, -0.2) is 0 Å². The minimum atomic E-state index is -1.15. The molecule has 1 saturated heterocycles. The molecule has 1 aliphatic heterocycles. The van der Waals surface area contributed by atoms with Gasteiger partial charge in [0.05, 0.1) is 18.4 Å². The second kappa shape index (κ2) is 4.55. The minimum absolute atomic E-state index is 0.0162. The maximum atomic E-state index is 12.1. The van der Waals surface area contributed by atoms with Crippen LogP contribution >= 0.6 is 0 Å². The average molecular weight is 280 g/mol. The lowest BCUT2D eigenvalue weighted by Crippen LogP contribution is -2.62. The van der Waals surface area contributed by atoms with Gasteiger partial charge in [-0.15, -0.1) is 0 Å². The Labute approximate surface area is 117 Å². The van der Waals surface area contributed by atoms with Crippen molar-refractivity contribution >= 4 is 17.8 Å². The van der Waals surface area contributed by atoms with Gasteiger partial charge in [-0.1, -0.05) is 6.92 Å². The number of hydrogen-bond donors (Lipinski definition) is 2. The summed E-state index contributed by atoms with van der Waals surface area (Å²) >= 11 is 0. The van der Waals surface area contributed by atoms with Crippen LogP contribution in [-0.4, -0.2) is 46.4 Å². The fourth-order valence-corrected chi connectivity index (χ4v) is 3.23. The van der Waals surface area contributed by atoms with E-state index in [1.165, 1.54) is 4.90 Å². The Morgan fingerprint density at radius 1 is 1.35 bits per heavy atom. The molecule has 1 heterocycles. The highest BCUT2D eigenvalue weighted by Crippen LogP contribution is 2.48. The maximum absolute atomic E-state index is 12.1. The molecule has 0 aromatic rings. The van der Waals surface area contributed by atoms with Crippen LogP contribution in [0.4, 0.5) is 0 Å². The second-order valence-electron chi connectivity index (χ2n) is 6.19. The molecule has 20 heavy (non-hydrogen) atoms. The maximum Gasteiger partial charge on any atom is 0.326 e. The largest absolute Gasteiger partial charge is 0.480 e. The van der Waals surface area contributed by atoms with Crippen molar-refractivity contribution < 1.29 is 19.5 Å². The second-order valence-corrected chi connectivity index (χ2v) is 6.19. The third-order valence-electron chi connectivity index (χ3n) is 4.71. The zero-order chi connectivity index (χ0) is 14.5. The van der Waals surface area contributed by atoms with E-state index < -0.39 is 11.5 Å². The number of carbonyl (C=O) groups is 3. The summed E-state index contributed by atoms with van der Waals surface area (Å²) < 4.78 is 0. The highest BCUT2D eigenvalue weighted by molar-refractivity contribution is 6.09. The molecular formula is C14H20N2O4. The lowest BCUT2D eigenvalue weighted by molar-refractivity contribution is -0.150. The van der Waals surface area contributed by atoms with Crippen molar-refractivity contribution in [2.75, 3.05) is 13.1 Å². The van der Waals surface area contributed by atoms with E-state index in [1.807, 2.05) is 6.92 Å². The normalized spacial score (nSPS) is 31.1. The van der Waals surface area contributed by atoms with Crippen LogP contribution in [0.25, 0.3) is 0 Å². The number of aliphatic carboxylic acids is 1. The van der Waals surface area contributed by atoms with E-state index in [4.69, 9.17) is 0 Å². The first-order valence-electron chi connectivity index (χ1n) is 7.35. The Balaban J connectivity index is 1.80. The Kier molecular flexibility index (Phi) is 3.08. The van der Waals surface area contributed by atoms with Crippen molar-refractivity contribution in [3.05, 3.63) is 0 Å². The van der Waals surface area contributed by atoms with E-state index in [0.29, 0.717) is 13.0 Å². The molecule has 0 spiro atoms. The molecule has 0 aromatic carbocycles. The van der Waals surface area contributed by atoms with Crippen molar-refractivity contribution in [2.24, 2.45) is 17.8 Å². The number of carbonyl (C=O) groups excluding carboxylic acids is 2. The molecule has 3 rings (SSSR count). The van der Waals surface area contributed by atoms with Gasteiger partial charge in [0.2, 0.25) is 11.8 Å². The van der Waals surface area contributed by atoms with E-state index in [0.717, 1.165) is 19.3 Å². The predicted molar refractivity (Wildman–Crippen MR) is 69.7 cm³/mol. The molecule has 0 radical (unpaired) electrons. The number of carboxylic acid groups (broad SMARTS) is 1. The van der Waals surface area contributed by atoms with Crippen LogP contribution < -0.4 is 5.32 Å². The molecule has 3 atom stereocenters. The summed E-state index contributed by atoms with van der Waals surface area (Å²) in [5.41, 5.74) is -1.15. The number of piperidine rings is 1. The molecule has 0 aromatic heterocycles. The SMILES string of the molecule is CCCNC(CN1C(=O)C2CC2C1=O)(C(=O)O)C1CC1. The highest BCUT2D eigenvalue weighted by Gasteiger charge is 2.62. The van der Waals surface area contributed by atoms with Crippen molar-refractivity contribution in [2.45, 2.75) is 38.1 Å². The number of rotatable bonds is 7. The molecule has 2 amide bonds. The molecular weight excluding hydrogens is 260 g/mol. The molecule has 6 heteroatoms. The Hall–Kier alpha value is -1.43. The van der Waals surface area contributed by atoms with Crippen LogP contribution in [0.1, 0.15) is 32.6 Å². The number of carboxylic acids is 1. The lowest BCUT2D eigenvalue weighted by Gasteiger charge is -2.34. The first-order chi connectivity index (χ1) is 9.51. The third-order valence-corrected chi connectivity index (χ3v) is 4.71. The van der Waals surface area contributed by atoms with E-state index in [2.05, 4.69) is 5.32 Å². The van der Waals surface area contributed by atoms with Crippen LogP contribution in [0.15, 0.2) is 0 Å². The number of fused-ring (bicyclic) bond motifs is 1. The van der Waals surface area contributed by atoms with Gasteiger partial charge in [-0.2, -0.15) is 0 Å². The van der Waals surface area contributed by atoms with Crippen LogP contribution in [0, 0.1) is 17.8 Å². The van der Waals surface area contributed by atoms with Gasteiger partial charge < -0.3 is 10.4 Å². The van der Waals surface area contributed by atoms with E-state index >= 15 is 0 Å². The zero-order valence-electron chi connectivity index (χ0n) is 11.6. The summed E-state index contributed by atoms with van der Waals surface area (Å²) in [6, 6.07) is 0. The molecule has 3 aliphatic rings. The van der Waals surface area contributed by atoms with E-state index in [-0.39, 0.29) is 36.1 Å². The minimum Gasteiger partial charge on any atom is -0.480 e. The summed E-state index contributed by atoms with van der Waals surface area (Å²) in [6.45, 7) is 2.53. The average Bonchev–Trinajstić information content (AvgIpc) is 3.27. The summed E-state index contributed by atoms with van der Waals surface area (Å²) in [7, 11) is 0. The topological polar surface area (TPSA) is 86.7 Å². The zero-order valence-corrected chi connectivity index (χ0v) is 11.6. The van der Waals surface area contributed by atoms with Crippen molar-refractivity contribution in [1.82, 2.24) is 10.2 Å². The number of nitrogens with zero attached hydrogens (tertiary/aromatic N) is 1. The number of amides is 2. The standard InChI is InChI=1S/C14H20N2O4/c1-2-5-15-14(13(19)20,8-3-4-8)7-16-11(17)9-6-10(9)12(16)18/h8-10,15H,2-7H2,1H3,(H,19,20). The van der Waals surface area contributed by atoms with Gasteiger partial charge in [-0.05, 0) is 38.1 Å². The smallest absolute Gasteiger partial charge is 0.326 e. The van der Waals surface area contributed by atoms with Gasteiger partial charge in [0.25, 0.3) is 0 Å². The van der Waals surface area contributed by atoms with Gasteiger partial charge in [-0.3, -0.25) is 19.3 Å². The third kappa shape index (κ3) is 1.93. The number of hydrogen-bond acceptors (Lipinski definition) is 4. The molecule has 3 fully saturated rings. The fourth-order valence-electron chi connectivity index (χ4n) is 3.23. The molecule has 110 valence electrons. The molecule has 3 unspecified atom stereocenters. The van der Waals surface area contributed by atoms with Crippen LogP contribution in [0.3, 0.4) is 0 Å². The van der Waals surface area contributed by atoms with Gasteiger partial charge >= 0.3 is 5.97 Å². The molecule has 2 N–H and O–H groups in total. The van der Waals surface area contributed by atoms with Gasteiger partial charge in [0, 0.05) is 0 Å². The molecule has 6 nitrogen and oxygen atoms in total. The van der Waals surface area contributed by atoms with Gasteiger partial charge in [0.15, 0.2) is 0 Å². The predicted octanol–water partition coefficient (Wildman–Crippen LogP) is 0.224. The molecule has 2 saturated carbocycles.